The Morgan fingerprint density at radius 3 is 1.53 bits per heavy atom. The van der Waals surface area contributed by atoms with Crippen LogP contribution in [0.5, 0.6) is 0 Å². The van der Waals surface area contributed by atoms with Crippen LogP contribution in [-0.4, -0.2) is 0 Å². The molecule has 0 fully saturated rings. The normalized spacial score (nSPS) is 11.3. The van der Waals surface area contributed by atoms with Crippen molar-refractivity contribution in [2.45, 2.75) is 0 Å². The zero-order chi connectivity index (χ0) is 32.6. The third-order valence-corrected chi connectivity index (χ3v) is 10.5. The summed E-state index contributed by atoms with van der Waals surface area (Å²) >= 11 is 1.89. The lowest BCUT2D eigenvalue weighted by Crippen LogP contribution is -2.13. The number of anilines is 6. The molecule has 0 saturated heterocycles. The molecule has 232 valence electrons. The van der Waals surface area contributed by atoms with Crippen LogP contribution in [0.15, 0.2) is 194 Å². The average Bonchev–Trinajstić information content (AvgIpc) is 3.58. The summed E-state index contributed by atoms with van der Waals surface area (Å²) in [7, 11) is 0. The molecule has 0 aliphatic rings. The third kappa shape index (κ3) is 5.12. The number of hydrogen-bond donors (Lipinski definition) is 0. The highest BCUT2D eigenvalue weighted by atomic mass is 32.1. The number of para-hydroxylation sites is 4. The predicted molar refractivity (Wildman–Crippen MR) is 212 cm³/mol. The Bertz CT molecular complexity index is 2500. The van der Waals surface area contributed by atoms with Gasteiger partial charge in [-0.15, -0.1) is 11.3 Å². The van der Waals surface area contributed by atoms with Gasteiger partial charge >= 0.3 is 0 Å². The fourth-order valence-electron chi connectivity index (χ4n) is 7.04. The van der Waals surface area contributed by atoms with Crippen molar-refractivity contribution >= 4 is 76.4 Å². The Kier molecular flexibility index (Phi) is 7.38. The van der Waals surface area contributed by atoms with Crippen LogP contribution in [0.1, 0.15) is 0 Å². The molecule has 0 spiro atoms. The minimum atomic E-state index is 1.11. The highest BCUT2D eigenvalue weighted by Crippen LogP contribution is 2.52. The van der Waals surface area contributed by atoms with E-state index in [4.69, 9.17) is 0 Å². The molecule has 2 nitrogen and oxygen atoms in total. The van der Waals surface area contributed by atoms with Gasteiger partial charge in [-0.3, -0.25) is 0 Å². The third-order valence-electron chi connectivity index (χ3n) is 9.22. The molecule has 0 aliphatic carbocycles. The molecule has 0 amide bonds. The molecule has 9 aromatic rings. The number of hydrogen-bond acceptors (Lipinski definition) is 3. The number of fused-ring (bicyclic) bond motifs is 5. The van der Waals surface area contributed by atoms with Crippen molar-refractivity contribution in [1.82, 2.24) is 0 Å². The summed E-state index contributed by atoms with van der Waals surface area (Å²) in [6.07, 6.45) is 0. The first kappa shape index (κ1) is 29.0. The van der Waals surface area contributed by atoms with E-state index in [-0.39, 0.29) is 0 Å². The second-order valence-electron chi connectivity index (χ2n) is 12.1. The van der Waals surface area contributed by atoms with Crippen molar-refractivity contribution in [2.24, 2.45) is 0 Å². The van der Waals surface area contributed by atoms with Crippen molar-refractivity contribution < 1.29 is 0 Å². The predicted octanol–water partition coefficient (Wildman–Crippen LogP) is 13.8. The van der Waals surface area contributed by atoms with E-state index in [1.807, 2.05) is 11.3 Å². The van der Waals surface area contributed by atoms with Crippen molar-refractivity contribution in [3.05, 3.63) is 194 Å². The molecule has 0 atom stereocenters. The summed E-state index contributed by atoms with van der Waals surface area (Å²) in [5, 5.41) is 5.03. The Morgan fingerprint density at radius 2 is 0.857 bits per heavy atom. The van der Waals surface area contributed by atoms with Crippen LogP contribution >= 0.6 is 11.3 Å². The van der Waals surface area contributed by atoms with Crippen LogP contribution in [-0.2, 0) is 0 Å². The first-order chi connectivity index (χ1) is 24.3. The largest absolute Gasteiger partial charge is 0.309 e. The summed E-state index contributed by atoms with van der Waals surface area (Å²) in [6, 6.07) is 69.7. The van der Waals surface area contributed by atoms with Gasteiger partial charge in [-0.05, 0) is 70.9 Å². The maximum atomic E-state index is 2.45. The molecule has 0 aliphatic heterocycles. The molecule has 3 heteroatoms. The zero-order valence-corrected chi connectivity index (χ0v) is 27.6. The number of thiophene rings is 1. The van der Waals surface area contributed by atoms with E-state index < -0.39 is 0 Å². The van der Waals surface area contributed by atoms with Crippen LogP contribution in [0.4, 0.5) is 34.1 Å². The lowest BCUT2D eigenvalue weighted by Gasteiger charge is -2.30. The quantitative estimate of drug-likeness (QED) is 0.170. The molecular formula is C46H32N2S. The fraction of sp³-hybridized carbons (Fsp3) is 0. The van der Waals surface area contributed by atoms with Gasteiger partial charge in [-0.25, -0.2) is 0 Å². The van der Waals surface area contributed by atoms with Crippen LogP contribution in [0.25, 0.3) is 42.1 Å². The molecule has 1 heterocycles. The lowest BCUT2D eigenvalue weighted by molar-refractivity contribution is 1.28. The van der Waals surface area contributed by atoms with Crippen LogP contribution < -0.4 is 9.80 Å². The highest BCUT2D eigenvalue weighted by Gasteiger charge is 2.25. The van der Waals surface area contributed by atoms with Crippen molar-refractivity contribution in [3.63, 3.8) is 0 Å². The van der Waals surface area contributed by atoms with Gasteiger partial charge in [0.1, 0.15) is 0 Å². The van der Waals surface area contributed by atoms with Gasteiger partial charge < -0.3 is 9.80 Å². The van der Waals surface area contributed by atoms with Gasteiger partial charge in [0.25, 0.3) is 0 Å². The number of nitrogens with zero attached hydrogens (tertiary/aromatic N) is 2. The molecule has 0 unspecified atom stereocenters. The van der Waals surface area contributed by atoms with Gasteiger partial charge in [0, 0.05) is 38.1 Å². The van der Waals surface area contributed by atoms with Crippen molar-refractivity contribution in [3.8, 4) is 11.1 Å². The maximum Gasteiger partial charge on any atom is 0.0641 e. The fourth-order valence-corrected chi connectivity index (χ4v) is 8.40. The minimum Gasteiger partial charge on any atom is -0.309 e. The smallest absolute Gasteiger partial charge is 0.0641 e. The van der Waals surface area contributed by atoms with Gasteiger partial charge in [-0.1, -0.05) is 140 Å². The van der Waals surface area contributed by atoms with Gasteiger partial charge in [0.2, 0.25) is 0 Å². The topological polar surface area (TPSA) is 6.48 Å². The Balaban J connectivity index is 1.40. The van der Waals surface area contributed by atoms with E-state index in [2.05, 4.69) is 204 Å². The first-order valence-electron chi connectivity index (χ1n) is 16.6. The average molecular weight is 645 g/mol. The summed E-state index contributed by atoms with van der Waals surface area (Å²) in [4.78, 5) is 4.85. The second-order valence-corrected chi connectivity index (χ2v) is 13.2. The van der Waals surface area contributed by atoms with E-state index in [0.29, 0.717) is 0 Å². The van der Waals surface area contributed by atoms with Gasteiger partial charge in [-0.2, -0.15) is 0 Å². The molecule has 1 aromatic heterocycles. The number of benzene rings is 8. The van der Waals surface area contributed by atoms with E-state index in [1.165, 1.54) is 42.1 Å². The van der Waals surface area contributed by atoms with E-state index in [9.17, 15) is 0 Å². The van der Waals surface area contributed by atoms with E-state index in [1.54, 1.807) is 0 Å². The molecule has 0 radical (unpaired) electrons. The number of rotatable bonds is 7. The standard InChI is InChI=1S/C46H32N2S/c1-5-17-33(18-6-1)38-26-15-16-28-41(38)48(37-24-11-4-12-25-37)42-31-32-43(47(35-20-7-2-8-21-35)36-22-9-3-10-23-36)46-44(42)40-30-29-34-19-13-14-27-39(34)45(40)49-46/h1-32H. The van der Waals surface area contributed by atoms with Crippen LogP contribution in [0, 0.1) is 0 Å². The molecule has 49 heavy (non-hydrogen) atoms. The summed E-state index contributed by atoms with van der Waals surface area (Å²) in [5.74, 6) is 0. The van der Waals surface area contributed by atoms with E-state index >= 15 is 0 Å². The summed E-state index contributed by atoms with van der Waals surface area (Å²) in [6.45, 7) is 0. The molecule has 0 saturated carbocycles. The second kappa shape index (κ2) is 12.5. The van der Waals surface area contributed by atoms with Gasteiger partial charge in [0.05, 0.1) is 21.8 Å². The van der Waals surface area contributed by atoms with Crippen LogP contribution in [0.3, 0.4) is 0 Å². The Hall–Kier alpha value is -6.16. The summed E-state index contributed by atoms with van der Waals surface area (Å²) in [5.41, 5.74) is 9.18. The molecular weight excluding hydrogens is 613 g/mol. The Morgan fingerprint density at radius 1 is 0.327 bits per heavy atom. The molecule has 0 bridgehead atoms. The van der Waals surface area contributed by atoms with Crippen LogP contribution in [0.2, 0.25) is 0 Å². The monoisotopic (exact) mass is 644 g/mol. The molecule has 8 aromatic carbocycles. The zero-order valence-electron chi connectivity index (χ0n) is 26.8. The lowest BCUT2D eigenvalue weighted by atomic mass is 10.00. The van der Waals surface area contributed by atoms with E-state index in [0.717, 1.165) is 34.1 Å². The Labute approximate surface area is 290 Å². The highest BCUT2D eigenvalue weighted by molar-refractivity contribution is 7.27. The maximum absolute atomic E-state index is 2.45. The van der Waals surface area contributed by atoms with Crippen molar-refractivity contribution in [1.29, 1.82) is 0 Å². The first-order valence-corrected chi connectivity index (χ1v) is 17.4. The van der Waals surface area contributed by atoms with Crippen molar-refractivity contribution in [2.75, 3.05) is 9.80 Å². The molecule has 0 N–H and O–H groups in total. The SMILES string of the molecule is c1ccc(-c2ccccc2N(c2ccccc2)c2ccc(N(c3ccccc3)c3ccccc3)c3sc4c5ccccc5ccc4c23)cc1. The van der Waals surface area contributed by atoms with Gasteiger partial charge in [0.15, 0.2) is 0 Å². The molecule has 9 rings (SSSR count). The minimum absolute atomic E-state index is 1.11. The summed E-state index contributed by atoms with van der Waals surface area (Å²) < 4.78 is 2.54.